The molecule has 17 heavy (non-hydrogen) atoms. The maximum atomic E-state index is 9.33. The van der Waals surface area contributed by atoms with Crippen LogP contribution in [-0.2, 0) is 6.61 Å². The average molecular weight is 230 g/mol. The van der Waals surface area contributed by atoms with Crippen LogP contribution < -0.4 is 0 Å². The summed E-state index contributed by atoms with van der Waals surface area (Å²) in [5.41, 5.74) is 4.61. The third-order valence-corrected chi connectivity index (χ3v) is 3.84. The first-order valence-corrected chi connectivity index (χ1v) is 6.62. The predicted octanol–water partition coefficient (Wildman–Crippen LogP) is 4.26. The van der Waals surface area contributed by atoms with E-state index >= 15 is 0 Å². The number of allylic oxidation sites excluding steroid dienone is 1. The molecule has 1 fully saturated rings. The zero-order valence-electron chi connectivity index (χ0n) is 10.7. The van der Waals surface area contributed by atoms with Gasteiger partial charge in [0.15, 0.2) is 0 Å². The first-order chi connectivity index (χ1) is 8.22. The molecule has 1 aliphatic rings. The highest BCUT2D eigenvalue weighted by atomic mass is 16.3. The highest BCUT2D eigenvalue weighted by Gasteiger charge is 2.16. The van der Waals surface area contributed by atoms with Crippen molar-refractivity contribution in [1.82, 2.24) is 0 Å². The lowest BCUT2D eigenvalue weighted by atomic mass is 9.82. The molecule has 1 nitrogen and oxygen atoms in total. The Kier molecular flexibility index (Phi) is 4.01. The first kappa shape index (κ1) is 12.4. The molecule has 92 valence electrons. The molecule has 0 aliphatic heterocycles. The molecule has 1 saturated carbocycles. The lowest BCUT2D eigenvalue weighted by Gasteiger charge is -2.23. The van der Waals surface area contributed by atoms with E-state index < -0.39 is 0 Å². The topological polar surface area (TPSA) is 20.2 Å². The second-order valence-corrected chi connectivity index (χ2v) is 5.19. The van der Waals surface area contributed by atoms with E-state index in [2.05, 4.69) is 24.8 Å². The summed E-state index contributed by atoms with van der Waals surface area (Å²) in [6.45, 7) is 6.13. The minimum atomic E-state index is 0.104. The molecule has 0 aromatic heterocycles. The zero-order chi connectivity index (χ0) is 12.3. The number of rotatable bonds is 3. The Labute approximate surface area is 104 Å². The molecule has 0 amide bonds. The van der Waals surface area contributed by atoms with Gasteiger partial charge < -0.3 is 5.11 Å². The zero-order valence-corrected chi connectivity index (χ0v) is 10.7. The van der Waals surface area contributed by atoms with Crippen molar-refractivity contribution in [3.05, 3.63) is 41.5 Å². The van der Waals surface area contributed by atoms with E-state index in [0.717, 1.165) is 22.6 Å². The third-order valence-electron chi connectivity index (χ3n) is 3.84. The number of aliphatic hydroxyl groups excluding tert-OH is 1. The fraction of sp³-hybridized carbons (Fsp3) is 0.500. The van der Waals surface area contributed by atoms with E-state index in [1.807, 2.05) is 6.92 Å². The summed E-state index contributed by atoms with van der Waals surface area (Å²) in [5.74, 6) is 0.717. The minimum absolute atomic E-state index is 0.104. The van der Waals surface area contributed by atoms with Gasteiger partial charge in [-0.05, 0) is 42.4 Å². The smallest absolute Gasteiger partial charge is 0.0687 e. The van der Waals surface area contributed by atoms with Crippen molar-refractivity contribution in [2.75, 3.05) is 0 Å². The Bertz CT molecular complexity index is 400. The van der Waals surface area contributed by atoms with Gasteiger partial charge in [0.25, 0.3) is 0 Å². The molecule has 1 N–H and O–H groups in total. The van der Waals surface area contributed by atoms with Crippen molar-refractivity contribution in [3.8, 4) is 0 Å². The van der Waals surface area contributed by atoms with Gasteiger partial charge in [-0.1, -0.05) is 49.6 Å². The van der Waals surface area contributed by atoms with Crippen molar-refractivity contribution in [2.45, 2.75) is 51.6 Å². The average Bonchev–Trinajstić information content (AvgIpc) is 2.39. The molecule has 0 unspecified atom stereocenters. The highest BCUT2D eigenvalue weighted by molar-refractivity contribution is 5.65. The monoisotopic (exact) mass is 230 g/mol. The molecule has 0 bridgehead atoms. The van der Waals surface area contributed by atoms with Gasteiger partial charge in [0, 0.05) is 0 Å². The van der Waals surface area contributed by atoms with Crippen LogP contribution in [0.15, 0.2) is 24.8 Å². The molecular formula is C16H22O. The van der Waals surface area contributed by atoms with Crippen LogP contribution in [0.1, 0.15) is 61.6 Å². The van der Waals surface area contributed by atoms with E-state index in [0.29, 0.717) is 0 Å². The summed E-state index contributed by atoms with van der Waals surface area (Å²) >= 11 is 0. The Hall–Kier alpha value is -1.08. The first-order valence-electron chi connectivity index (χ1n) is 6.62. The Morgan fingerprint density at radius 1 is 1.29 bits per heavy atom. The molecular weight excluding hydrogens is 208 g/mol. The van der Waals surface area contributed by atoms with Crippen LogP contribution in [0.2, 0.25) is 0 Å². The fourth-order valence-electron chi connectivity index (χ4n) is 2.82. The normalized spacial score (nSPS) is 17.1. The Balaban J connectivity index is 2.29. The molecule has 1 aromatic rings. The molecule has 0 spiro atoms. The van der Waals surface area contributed by atoms with Gasteiger partial charge in [-0.25, -0.2) is 0 Å². The van der Waals surface area contributed by atoms with Gasteiger partial charge in [-0.3, -0.25) is 0 Å². The quantitative estimate of drug-likeness (QED) is 0.822. The van der Waals surface area contributed by atoms with Crippen LogP contribution >= 0.6 is 0 Å². The van der Waals surface area contributed by atoms with Gasteiger partial charge >= 0.3 is 0 Å². The third kappa shape index (κ3) is 2.78. The van der Waals surface area contributed by atoms with Crippen LogP contribution in [-0.4, -0.2) is 5.11 Å². The lowest BCUT2D eigenvalue weighted by molar-refractivity contribution is 0.281. The molecule has 0 heterocycles. The van der Waals surface area contributed by atoms with Gasteiger partial charge in [-0.2, -0.15) is 0 Å². The van der Waals surface area contributed by atoms with Crippen molar-refractivity contribution < 1.29 is 5.11 Å². The van der Waals surface area contributed by atoms with E-state index in [4.69, 9.17) is 0 Å². The Morgan fingerprint density at radius 3 is 2.59 bits per heavy atom. The lowest BCUT2D eigenvalue weighted by Crippen LogP contribution is -2.05. The van der Waals surface area contributed by atoms with E-state index in [-0.39, 0.29) is 6.61 Å². The number of hydrogen-bond donors (Lipinski definition) is 1. The second kappa shape index (κ2) is 5.50. The van der Waals surface area contributed by atoms with E-state index in [1.54, 1.807) is 0 Å². The largest absolute Gasteiger partial charge is 0.392 e. The van der Waals surface area contributed by atoms with E-state index in [9.17, 15) is 5.11 Å². The van der Waals surface area contributed by atoms with Crippen molar-refractivity contribution in [1.29, 1.82) is 0 Å². The molecule has 2 rings (SSSR count). The van der Waals surface area contributed by atoms with E-state index in [1.165, 1.54) is 37.7 Å². The standard InChI is InChI=1S/C16H22O/c1-12(2)16-10-14(8-9-15(16)11-17)13-6-4-3-5-7-13/h8-10,13,17H,1,3-7,11H2,2H3. The molecule has 0 saturated heterocycles. The summed E-state index contributed by atoms with van der Waals surface area (Å²) in [7, 11) is 0. The van der Waals surface area contributed by atoms with Gasteiger partial charge in [-0.15, -0.1) is 0 Å². The second-order valence-electron chi connectivity index (χ2n) is 5.19. The molecule has 1 heteroatoms. The van der Waals surface area contributed by atoms with Gasteiger partial charge in [0.2, 0.25) is 0 Å². The predicted molar refractivity (Wildman–Crippen MR) is 72.9 cm³/mol. The Morgan fingerprint density at radius 2 is 2.00 bits per heavy atom. The van der Waals surface area contributed by atoms with Crippen LogP contribution in [0, 0.1) is 0 Å². The van der Waals surface area contributed by atoms with Gasteiger partial charge in [0.05, 0.1) is 6.61 Å². The molecule has 1 aromatic carbocycles. The molecule has 0 radical (unpaired) electrons. The minimum Gasteiger partial charge on any atom is -0.392 e. The maximum absolute atomic E-state index is 9.33. The van der Waals surface area contributed by atoms with Crippen molar-refractivity contribution in [2.24, 2.45) is 0 Å². The number of hydrogen-bond acceptors (Lipinski definition) is 1. The summed E-state index contributed by atoms with van der Waals surface area (Å²) in [6, 6.07) is 6.49. The van der Waals surface area contributed by atoms with Crippen molar-refractivity contribution >= 4 is 5.57 Å². The molecule has 1 aliphatic carbocycles. The summed E-state index contributed by atoms with van der Waals surface area (Å²) in [5, 5.41) is 9.33. The fourth-order valence-corrected chi connectivity index (χ4v) is 2.82. The van der Waals surface area contributed by atoms with Gasteiger partial charge in [0.1, 0.15) is 0 Å². The van der Waals surface area contributed by atoms with Crippen LogP contribution in [0.3, 0.4) is 0 Å². The highest BCUT2D eigenvalue weighted by Crippen LogP contribution is 2.34. The number of benzene rings is 1. The number of aliphatic hydroxyl groups is 1. The summed E-state index contributed by atoms with van der Waals surface area (Å²) in [6.07, 6.45) is 6.73. The SMILES string of the molecule is C=C(C)c1cc(C2CCCCC2)ccc1CO. The molecule has 0 atom stereocenters. The van der Waals surface area contributed by atoms with Crippen LogP contribution in [0.4, 0.5) is 0 Å². The summed E-state index contributed by atoms with van der Waals surface area (Å²) < 4.78 is 0. The van der Waals surface area contributed by atoms with Crippen molar-refractivity contribution in [3.63, 3.8) is 0 Å². The van der Waals surface area contributed by atoms with Crippen LogP contribution in [0.25, 0.3) is 5.57 Å². The maximum Gasteiger partial charge on any atom is 0.0687 e. The summed E-state index contributed by atoms with van der Waals surface area (Å²) in [4.78, 5) is 0. The van der Waals surface area contributed by atoms with Crippen LogP contribution in [0.5, 0.6) is 0 Å².